The van der Waals surface area contributed by atoms with E-state index in [1.54, 1.807) is 13.3 Å². The molecule has 0 spiro atoms. The second kappa shape index (κ2) is 7.85. The van der Waals surface area contributed by atoms with Crippen LogP contribution in [0.2, 0.25) is 0 Å². The van der Waals surface area contributed by atoms with Gasteiger partial charge in [-0.25, -0.2) is 9.78 Å². The second-order valence-corrected chi connectivity index (χ2v) is 6.31. The van der Waals surface area contributed by atoms with Gasteiger partial charge in [-0.2, -0.15) is 0 Å². The zero-order valence-electron chi connectivity index (χ0n) is 15.3. The fourth-order valence-corrected chi connectivity index (χ4v) is 3.14. The minimum atomic E-state index is -0.443. The number of hydrogen-bond donors (Lipinski definition) is 1. The van der Waals surface area contributed by atoms with Gasteiger partial charge in [0.1, 0.15) is 11.4 Å². The van der Waals surface area contributed by atoms with Crippen LogP contribution < -0.4 is 10.1 Å². The van der Waals surface area contributed by atoms with Crippen molar-refractivity contribution < 1.29 is 14.3 Å². The molecule has 1 amide bonds. The third kappa shape index (κ3) is 3.81. The molecule has 2 aromatic carbocycles. The molecule has 1 aromatic heterocycles. The summed E-state index contributed by atoms with van der Waals surface area (Å²) in [4.78, 5) is 16.2. The zero-order chi connectivity index (χ0) is 19.3. The molecule has 1 saturated heterocycles. The Balaban J connectivity index is 1.64. The molecule has 2 atom stereocenters. The summed E-state index contributed by atoms with van der Waals surface area (Å²) in [5, 5.41) is 2.89. The maximum atomic E-state index is 12.0. The Morgan fingerprint density at radius 1 is 1.00 bits per heavy atom. The molecular formula is C23H18N2O3. The number of amides is 1. The number of benzene rings is 2. The minimum absolute atomic E-state index is 0.309. The Labute approximate surface area is 163 Å². The highest BCUT2D eigenvalue weighted by Crippen LogP contribution is 2.37. The summed E-state index contributed by atoms with van der Waals surface area (Å²) in [5.41, 5.74) is 3.34. The first-order valence-electron chi connectivity index (χ1n) is 8.87. The van der Waals surface area contributed by atoms with Crippen molar-refractivity contribution in [3.05, 3.63) is 95.3 Å². The number of alkyl carbamates (subject to hydrolysis) is 1. The Morgan fingerprint density at radius 2 is 1.86 bits per heavy atom. The van der Waals surface area contributed by atoms with Crippen LogP contribution in [-0.4, -0.2) is 18.2 Å². The highest BCUT2D eigenvalue weighted by Gasteiger charge is 2.36. The lowest BCUT2D eigenvalue weighted by molar-refractivity contribution is 0.132. The summed E-state index contributed by atoms with van der Waals surface area (Å²) in [6.07, 6.45) is 0.828. The van der Waals surface area contributed by atoms with E-state index < -0.39 is 12.2 Å². The lowest BCUT2D eigenvalue weighted by Crippen LogP contribution is -2.19. The molecular weight excluding hydrogens is 352 g/mol. The van der Waals surface area contributed by atoms with Crippen LogP contribution in [0.1, 0.15) is 34.5 Å². The lowest BCUT2D eigenvalue weighted by atomic mass is 9.95. The predicted molar refractivity (Wildman–Crippen MR) is 105 cm³/mol. The molecule has 2 unspecified atom stereocenters. The van der Waals surface area contributed by atoms with E-state index in [4.69, 9.17) is 9.47 Å². The van der Waals surface area contributed by atoms with Crippen LogP contribution in [0, 0.1) is 11.8 Å². The van der Waals surface area contributed by atoms with Crippen LogP contribution in [-0.2, 0) is 4.74 Å². The quantitative estimate of drug-likeness (QED) is 0.708. The number of aromatic nitrogens is 1. The van der Waals surface area contributed by atoms with E-state index in [-0.39, 0.29) is 6.04 Å². The van der Waals surface area contributed by atoms with Gasteiger partial charge >= 0.3 is 6.09 Å². The van der Waals surface area contributed by atoms with E-state index in [1.807, 2.05) is 66.7 Å². The van der Waals surface area contributed by atoms with Gasteiger partial charge < -0.3 is 14.8 Å². The summed E-state index contributed by atoms with van der Waals surface area (Å²) in [5.74, 6) is 6.89. The number of ether oxygens (including phenoxy) is 2. The fraction of sp³-hybridized carbons (Fsp3) is 0.130. The van der Waals surface area contributed by atoms with Gasteiger partial charge in [0.2, 0.25) is 0 Å². The van der Waals surface area contributed by atoms with E-state index in [2.05, 4.69) is 22.1 Å². The number of carbonyl (C=O) groups excluding carboxylic acids is 1. The van der Waals surface area contributed by atoms with Crippen molar-refractivity contribution in [2.75, 3.05) is 7.11 Å². The van der Waals surface area contributed by atoms with Gasteiger partial charge in [0, 0.05) is 11.8 Å². The number of rotatable bonds is 3. The Kier molecular flexibility index (Phi) is 4.94. The van der Waals surface area contributed by atoms with E-state index in [1.165, 1.54) is 0 Å². The molecule has 1 aliphatic rings. The number of nitrogens with one attached hydrogen (secondary N) is 1. The van der Waals surface area contributed by atoms with Crippen molar-refractivity contribution >= 4 is 6.09 Å². The van der Waals surface area contributed by atoms with Gasteiger partial charge in [-0.3, -0.25) is 0 Å². The number of hydrogen-bond acceptors (Lipinski definition) is 4. The van der Waals surface area contributed by atoms with Crippen LogP contribution in [0.5, 0.6) is 5.75 Å². The highest BCUT2D eigenvalue weighted by molar-refractivity contribution is 5.71. The smallest absolute Gasteiger partial charge is 0.408 e. The first-order valence-corrected chi connectivity index (χ1v) is 8.87. The summed E-state index contributed by atoms with van der Waals surface area (Å²) in [6, 6.07) is 20.6. The number of carbonyl (C=O) groups is 1. The van der Waals surface area contributed by atoms with E-state index in [0.29, 0.717) is 11.4 Å². The fourth-order valence-electron chi connectivity index (χ4n) is 3.14. The standard InChI is InChI=1S/C23H18N2O3/c1-27-20-10-5-8-18(15-20)22-21(25-23(26)28-22)17-7-4-6-16(14-17)11-12-19-9-2-3-13-24-19/h2-10,13-15,21-22H,1H3,(H,25,26). The molecule has 0 aliphatic carbocycles. The van der Waals surface area contributed by atoms with Gasteiger partial charge in [0.15, 0.2) is 6.10 Å². The molecule has 138 valence electrons. The van der Waals surface area contributed by atoms with Crippen LogP contribution in [0.25, 0.3) is 0 Å². The molecule has 2 heterocycles. The number of nitrogens with zero attached hydrogens (tertiary/aromatic N) is 1. The maximum absolute atomic E-state index is 12.0. The van der Waals surface area contributed by atoms with Crippen LogP contribution in [0.3, 0.4) is 0 Å². The molecule has 1 fully saturated rings. The molecule has 1 N–H and O–H groups in total. The zero-order valence-corrected chi connectivity index (χ0v) is 15.3. The van der Waals surface area contributed by atoms with E-state index in [9.17, 15) is 4.79 Å². The molecule has 5 nitrogen and oxygen atoms in total. The maximum Gasteiger partial charge on any atom is 0.408 e. The van der Waals surface area contributed by atoms with Crippen molar-refractivity contribution in [1.29, 1.82) is 0 Å². The van der Waals surface area contributed by atoms with E-state index in [0.717, 1.165) is 16.7 Å². The molecule has 1 aliphatic heterocycles. The monoisotopic (exact) mass is 370 g/mol. The average molecular weight is 370 g/mol. The predicted octanol–water partition coefficient (Wildman–Crippen LogP) is 4.01. The number of cyclic esters (lactones) is 1. The Hall–Kier alpha value is -3.78. The van der Waals surface area contributed by atoms with Crippen molar-refractivity contribution in [2.45, 2.75) is 12.1 Å². The second-order valence-electron chi connectivity index (χ2n) is 6.31. The summed E-state index contributed by atoms with van der Waals surface area (Å²) in [6.45, 7) is 0. The summed E-state index contributed by atoms with van der Waals surface area (Å²) in [7, 11) is 1.61. The third-order valence-electron chi connectivity index (χ3n) is 4.48. The lowest BCUT2D eigenvalue weighted by Gasteiger charge is -2.18. The molecule has 4 rings (SSSR count). The molecule has 28 heavy (non-hydrogen) atoms. The number of methoxy groups -OCH3 is 1. The van der Waals surface area contributed by atoms with Crippen LogP contribution in [0.4, 0.5) is 4.79 Å². The molecule has 3 aromatic rings. The van der Waals surface area contributed by atoms with Crippen molar-refractivity contribution in [1.82, 2.24) is 10.3 Å². The van der Waals surface area contributed by atoms with Crippen molar-refractivity contribution in [3.8, 4) is 17.6 Å². The normalized spacial score (nSPS) is 17.8. The van der Waals surface area contributed by atoms with Gasteiger partial charge in [-0.15, -0.1) is 0 Å². The third-order valence-corrected chi connectivity index (χ3v) is 4.48. The van der Waals surface area contributed by atoms with Gasteiger partial charge in [-0.05, 0) is 53.4 Å². The van der Waals surface area contributed by atoms with Crippen LogP contribution in [0.15, 0.2) is 72.9 Å². The molecule has 0 saturated carbocycles. The van der Waals surface area contributed by atoms with E-state index >= 15 is 0 Å². The largest absolute Gasteiger partial charge is 0.497 e. The van der Waals surface area contributed by atoms with Gasteiger partial charge in [0.05, 0.1) is 13.2 Å². The Bertz CT molecular complexity index is 1050. The summed E-state index contributed by atoms with van der Waals surface area (Å²) < 4.78 is 10.8. The van der Waals surface area contributed by atoms with Gasteiger partial charge in [-0.1, -0.05) is 36.3 Å². The Morgan fingerprint density at radius 3 is 2.68 bits per heavy atom. The molecule has 0 radical (unpaired) electrons. The first kappa shape index (κ1) is 17.6. The SMILES string of the molecule is COc1cccc(C2OC(=O)NC2c2cccc(C#Cc3ccccn3)c2)c1. The average Bonchev–Trinajstić information content (AvgIpc) is 3.15. The van der Waals surface area contributed by atoms with Gasteiger partial charge in [0.25, 0.3) is 0 Å². The van der Waals surface area contributed by atoms with Crippen molar-refractivity contribution in [3.63, 3.8) is 0 Å². The highest BCUT2D eigenvalue weighted by atomic mass is 16.6. The molecule has 0 bridgehead atoms. The van der Waals surface area contributed by atoms with Crippen molar-refractivity contribution in [2.24, 2.45) is 0 Å². The van der Waals surface area contributed by atoms with Crippen LogP contribution >= 0.6 is 0 Å². The number of pyridine rings is 1. The first-order chi connectivity index (χ1) is 13.7. The minimum Gasteiger partial charge on any atom is -0.497 e. The summed E-state index contributed by atoms with van der Waals surface area (Å²) >= 11 is 0. The topological polar surface area (TPSA) is 60.5 Å². The molecule has 5 heteroatoms.